The van der Waals surface area contributed by atoms with E-state index in [2.05, 4.69) is 61.1 Å². The van der Waals surface area contributed by atoms with Crippen LogP contribution in [-0.4, -0.2) is 51.4 Å². The molecule has 4 aromatic rings. The van der Waals surface area contributed by atoms with Crippen molar-refractivity contribution in [3.63, 3.8) is 0 Å². The third-order valence-electron chi connectivity index (χ3n) is 7.44. The Labute approximate surface area is 244 Å². The molecule has 9 heteroatoms. The summed E-state index contributed by atoms with van der Waals surface area (Å²) in [6.07, 6.45) is 9.69. The maximum absolute atomic E-state index is 9.05. The molecule has 2 aromatic carbocycles. The van der Waals surface area contributed by atoms with Crippen molar-refractivity contribution in [3.8, 4) is 6.07 Å². The number of piperidine rings is 1. The van der Waals surface area contributed by atoms with Gasteiger partial charge in [-0.1, -0.05) is 54.6 Å². The Balaban J connectivity index is 1.18. The number of likely N-dealkylation sites (tertiary alicyclic amines) is 1. The van der Waals surface area contributed by atoms with Gasteiger partial charge in [-0.2, -0.15) is 5.26 Å². The Bertz CT molecular complexity index is 1790. The third-order valence-corrected chi connectivity index (χ3v) is 7.44. The van der Waals surface area contributed by atoms with Crippen LogP contribution in [0.25, 0.3) is 23.5 Å². The molecule has 3 heterocycles. The van der Waals surface area contributed by atoms with Gasteiger partial charge < -0.3 is 9.73 Å². The summed E-state index contributed by atoms with van der Waals surface area (Å²) in [4.78, 5) is 24.4. The number of hydrogen-bond donors (Lipinski definition) is 1. The van der Waals surface area contributed by atoms with Crippen molar-refractivity contribution in [2.75, 3.05) is 18.4 Å². The second kappa shape index (κ2) is 12.5. The average molecular weight is 555 g/mol. The lowest BCUT2D eigenvalue weighted by molar-refractivity contribution is 0.211. The normalized spacial score (nSPS) is 16.9. The highest BCUT2D eigenvalue weighted by molar-refractivity contribution is 6.15. The summed E-state index contributed by atoms with van der Waals surface area (Å²) < 4.78 is 5.52. The molecule has 0 unspecified atom stereocenters. The molecule has 208 valence electrons. The predicted molar refractivity (Wildman–Crippen MR) is 165 cm³/mol. The van der Waals surface area contributed by atoms with Crippen LogP contribution in [-0.2, 0) is 6.54 Å². The monoisotopic (exact) mass is 554 g/mol. The van der Waals surface area contributed by atoms with E-state index in [1.54, 1.807) is 6.20 Å². The molecule has 1 aliphatic carbocycles. The molecule has 6 rings (SSSR count). The number of rotatable bonds is 8. The van der Waals surface area contributed by atoms with E-state index >= 15 is 0 Å². The van der Waals surface area contributed by atoms with Gasteiger partial charge in [0.15, 0.2) is 11.8 Å². The SMILES string of the molecule is C=N/C(=C(\N=C1C=c2ocnc2=CC1)c1ccc(CN2CCC(Nc3ccnc(C#N)n3)CC2)cc1)c1ccccc1. The summed E-state index contributed by atoms with van der Waals surface area (Å²) in [5, 5.41) is 13.3. The first-order valence-corrected chi connectivity index (χ1v) is 14.0. The number of nitriles is 1. The molecule has 0 bridgehead atoms. The molecular formula is C33H30N8O. The molecule has 2 aromatic heterocycles. The minimum Gasteiger partial charge on any atom is -0.443 e. The highest BCUT2D eigenvalue weighted by Crippen LogP contribution is 2.30. The summed E-state index contributed by atoms with van der Waals surface area (Å²) in [6.45, 7) is 6.70. The molecule has 0 spiro atoms. The number of fused-ring (bicyclic) bond motifs is 1. The number of aromatic nitrogens is 3. The number of benzene rings is 2. The van der Waals surface area contributed by atoms with Gasteiger partial charge in [0.05, 0.1) is 11.4 Å². The second-order valence-corrected chi connectivity index (χ2v) is 10.2. The number of oxazole rings is 1. The van der Waals surface area contributed by atoms with E-state index in [0.717, 1.165) is 66.1 Å². The topological polar surface area (TPSA) is 116 Å². The smallest absolute Gasteiger partial charge is 0.234 e. The summed E-state index contributed by atoms with van der Waals surface area (Å²) in [6, 6.07) is 22.7. The summed E-state index contributed by atoms with van der Waals surface area (Å²) in [7, 11) is 0. The molecule has 1 N–H and O–H groups in total. The number of hydrogen-bond acceptors (Lipinski definition) is 9. The zero-order valence-electron chi connectivity index (χ0n) is 23.1. The van der Waals surface area contributed by atoms with E-state index in [1.165, 1.54) is 12.0 Å². The van der Waals surface area contributed by atoms with Crippen molar-refractivity contribution in [1.82, 2.24) is 19.9 Å². The fraction of sp³-hybridized carbons (Fsp3) is 0.212. The van der Waals surface area contributed by atoms with Gasteiger partial charge >= 0.3 is 0 Å². The van der Waals surface area contributed by atoms with E-state index in [1.807, 2.05) is 54.6 Å². The van der Waals surface area contributed by atoms with E-state index in [-0.39, 0.29) is 5.82 Å². The zero-order chi connectivity index (χ0) is 28.7. The lowest BCUT2D eigenvalue weighted by Gasteiger charge is -2.32. The lowest BCUT2D eigenvalue weighted by Crippen LogP contribution is -2.38. The first kappa shape index (κ1) is 27.0. The van der Waals surface area contributed by atoms with Crippen LogP contribution in [0.15, 0.2) is 87.7 Å². The Morgan fingerprint density at radius 1 is 1.02 bits per heavy atom. The van der Waals surface area contributed by atoms with Crippen LogP contribution in [0, 0.1) is 11.3 Å². The molecule has 0 saturated carbocycles. The van der Waals surface area contributed by atoms with Crippen molar-refractivity contribution in [2.45, 2.75) is 31.8 Å². The number of anilines is 1. The first-order valence-electron chi connectivity index (χ1n) is 14.0. The molecule has 2 aliphatic rings. The average Bonchev–Trinajstić information content (AvgIpc) is 3.51. The van der Waals surface area contributed by atoms with Gasteiger partial charge in [-0.05, 0) is 37.3 Å². The van der Waals surface area contributed by atoms with Crippen molar-refractivity contribution in [3.05, 3.63) is 107 Å². The summed E-state index contributed by atoms with van der Waals surface area (Å²) >= 11 is 0. The second-order valence-electron chi connectivity index (χ2n) is 10.2. The fourth-order valence-electron chi connectivity index (χ4n) is 5.28. The van der Waals surface area contributed by atoms with Gasteiger partial charge in [0, 0.05) is 61.2 Å². The van der Waals surface area contributed by atoms with Crippen LogP contribution in [0.5, 0.6) is 0 Å². The van der Waals surface area contributed by atoms with Crippen LogP contribution in [0.2, 0.25) is 0 Å². The van der Waals surface area contributed by atoms with Gasteiger partial charge in [0.25, 0.3) is 0 Å². The predicted octanol–water partition coefficient (Wildman–Crippen LogP) is 4.05. The molecule has 1 aliphatic heterocycles. The van der Waals surface area contributed by atoms with Crippen molar-refractivity contribution in [1.29, 1.82) is 5.26 Å². The van der Waals surface area contributed by atoms with Crippen molar-refractivity contribution in [2.24, 2.45) is 9.98 Å². The van der Waals surface area contributed by atoms with Gasteiger partial charge in [-0.3, -0.25) is 14.9 Å². The Morgan fingerprint density at radius 2 is 1.81 bits per heavy atom. The molecule has 9 nitrogen and oxygen atoms in total. The number of nitrogens with one attached hydrogen (secondary N) is 1. The highest BCUT2D eigenvalue weighted by Gasteiger charge is 2.20. The van der Waals surface area contributed by atoms with E-state index < -0.39 is 0 Å². The van der Waals surface area contributed by atoms with Crippen LogP contribution < -0.4 is 16.1 Å². The fourth-order valence-corrected chi connectivity index (χ4v) is 5.28. The minimum atomic E-state index is 0.184. The third kappa shape index (κ3) is 6.24. The van der Waals surface area contributed by atoms with Crippen LogP contribution in [0.4, 0.5) is 5.82 Å². The summed E-state index contributed by atoms with van der Waals surface area (Å²) in [5.41, 5.74) is 6.25. The number of nitrogens with zero attached hydrogens (tertiary/aromatic N) is 7. The van der Waals surface area contributed by atoms with E-state index in [4.69, 9.17) is 14.7 Å². The summed E-state index contributed by atoms with van der Waals surface area (Å²) in [5.74, 6) is 0.890. The Morgan fingerprint density at radius 3 is 2.57 bits per heavy atom. The molecule has 0 atom stereocenters. The van der Waals surface area contributed by atoms with Gasteiger partial charge in [0.1, 0.15) is 17.2 Å². The van der Waals surface area contributed by atoms with Gasteiger partial charge in [-0.15, -0.1) is 0 Å². The molecular weight excluding hydrogens is 524 g/mol. The van der Waals surface area contributed by atoms with Crippen LogP contribution >= 0.6 is 0 Å². The maximum Gasteiger partial charge on any atom is 0.234 e. The van der Waals surface area contributed by atoms with E-state index in [0.29, 0.717) is 23.7 Å². The van der Waals surface area contributed by atoms with E-state index in [9.17, 15) is 0 Å². The Kier molecular flexibility index (Phi) is 8.06. The molecule has 1 fully saturated rings. The lowest BCUT2D eigenvalue weighted by atomic mass is 10.0. The molecule has 1 saturated heterocycles. The van der Waals surface area contributed by atoms with Crippen LogP contribution in [0.1, 0.15) is 41.8 Å². The first-order chi connectivity index (χ1) is 20.7. The van der Waals surface area contributed by atoms with Gasteiger partial charge in [0.2, 0.25) is 5.82 Å². The molecule has 0 amide bonds. The highest BCUT2D eigenvalue weighted by atomic mass is 16.3. The van der Waals surface area contributed by atoms with Crippen molar-refractivity contribution >= 4 is 41.8 Å². The zero-order valence-corrected chi connectivity index (χ0v) is 23.1. The van der Waals surface area contributed by atoms with Gasteiger partial charge in [-0.25, -0.2) is 15.0 Å². The standard InChI is InChI=1S/C33H30N8O/c1-35-32(24-5-3-2-4-6-24)33(39-27-11-12-28-29(19-27)42-22-37-28)25-9-7-23(8-10-25)21-41-17-14-26(15-18-41)38-30-13-16-36-31(20-34)40-30/h2-10,12-13,16,19,22,26H,1,11,14-15,17-18,21H2,(H,36,38,40)/b33-32-,39-27?. The largest absolute Gasteiger partial charge is 0.443 e. The minimum absolute atomic E-state index is 0.184. The van der Waals surface area contributed by atoms with Crippen molar-refractivity contribution < 1.29 is 4.42 Å². The molecule has 0 radical (unpaired) electrons. The molecule has 42 heavy (non-hydrogen) atoms. The quantitative estimate of drug-likeness (QED) is 0.258. The van der Waals surface area contributed by atoms with Crippen LogP contribution in [0.3, 0.4) is 0 Å². The Hall–Kier alpha value is -5.20. The maximum atomic E-state index is 9.05. The number of aliphatic imine (C=N–C) groups is 2.